The Morgan fingerprint density at radius 3 is 2.69 bits per heavy atom. The number of H-pyrrole nitrogens is 1. The Balaban J connectivity index is 1.73. The molecule has 26 heavy (non-hydrogen) atoms. The maximum Gasteiger partial charge on any atom is 0.264 e. The van der Waals surface area contributed by atoms with Crippen molar-refractivity contribution >= 4 is 28.1 Å². The maximum atomic E-state index is 13.2. The fraction of sp³-hybridized carbons (Fsp3) is 0.333. The van der Waals surface area contributed by atoms with Gasteiger partial charge in [0.05, 0.1) is 4.88 Å². The van der Waals surface area contributed by atoms with Gasteiger partial charge in [-0.05, 0) is 35.9 Å². The third kappa shape index (κ3) is 3.44. The lowest BCUT2D eigenvalue weighted by atomic mass is 9.93. The van der Waals surface area contributed by atoms with Crippen molar-refractivity contribution in [2.45, 2.75) is 44.7 Å². The lowest BCUT2D eigenvalue weighted by Crippen LogP contribution is -2.40. The summed E-state index contributed by atoms with van der Waals surface area (Å²) >= 11 is 1.48. The second-order valence-corrected chi connectivity index (χ2v) is 7.85. The highest BCUT2D eigenvalue weighted by molar-refractivity contribution is 7.12. The van der Waals surface area contributed by atoms with Crippen LogP contribution in [-0.4, -0.2) is 21.8 Å². The van der Waals surface area contributed by atoms with Gasteiger partial charge in [-0.25, -0.2) is 0 Å². The molecule has 1 aliphatic carbocycles. The molecule has 0 aliphatic heterocycles. The fourth-order valence-electron chi connectivity index (χ4n) is 3.89. The van der Waals surface area contributed by atoms with Crippen LogP contribution in [0.1, 0.15) is 47.3 Å². The van der Waals surface area contributed by atoms with E-state index in [0.717, 1.165) is 47.0 Å². The summed E-state index contributed by atoms with van der Waals surface area (Å²) in [4.78, 5) is 30.9. The molecule has 1 aromatic carbocycles. The van der Waals surface area contributed by atoms with Crippen molar-refractivity contribution in [2.24, 2.45) is 0 Å². The Morgan fingerprint density at radius 1 is 1.12 bits per heavy atom. The molecule has 1 saturated carbocycles. The zero-order chi connectivity index (χ0) is 17.9. The van der Waals surface area contributed by atoms with Crippen molar-refractivity contribution in [1.29, 1.82) is 0 Å². The summed E-state index contributed by atoms with van der Waals surface area (Å²) in [6.45, 7) is 0.478. The normalized spacial score (nSPS) is 15.2. The third-order valence-corrected chi connectivity index (χ3v) is 6.04. The molecule has 134 valence electrons. The number of nitrogens with zero attached hydrogens (tertiary/aromatic N) is 1. The van der Waals surface area contributed by atoms with E-state index in [-0.39, 0.29) is 17.5 Å². The van der Waals surface area contributed by atoms with E-state index < -0.39 is 0 Å². The summed E-state index contributed by atoms with van der Waals surface area (Å²) < 4.78 is 0. The highest BCUT2D eigenvalue weighted by Gasteiger charge is 2.27. The van der Waals surface area contributed by atoms with Gasteiger partial charge in [0.2, 0.25) is 5.56 Å². The van der Waals surface area contributed by atoms with Gasteiger partial charge in [0.1, 0.15) is 0 Å². The molecule has 1 aliphatic rings. The minimum atomic E-state index is -0.120. The molecule has 0 bridgehead atoms. The quantitative estimate of drug-likeness (QED) is 0.736. The Morgan fingerprint density at radius 2 is 1.92 bits per heavy atom. The predicted octanol–water partition coefficient (Wildman–Crippen LogP) is 4.56. The topological polar surface area (TPSA) is 53.2 Å². The number of nitrogens with one attached hydrogen (secondary N) is 1. The first kappa shape index (κ1) is 17.0. The van der Waals surface area contributed by atoms with Gasteiger partial charge in [-0.2, -0.15) is 0 Å². The molecule has 2 heterocycles. The molecule has 5 heteroatoms. The van der Waals surface area contributed by atoms with Gasteiger partial charge >= 0.3 is 0 Å². The number of aromatic amines is 1. The molecule has 1 amide bonds. The van der Waals surface area contributed by atoms with Crippen molar-refractivity contribution in [3.05, 3.63) is 68.6 Å². The number of aromatic nitrogens is 1. The number of thiophene rings is 1. The van der Waals surface area contributed by atoms with Crippen LogP contribution in [0.4, 0.5) is 0 Å². The van der Waals surface area contributed by atoms with Crippen molar-refractivity contribution < 1.29 is 4.79 Å². The summed E-state index contributed by atoms with van der Waals surface area (Å²) in [5.41, 5.74) is 1.62. The number of pyridine rings is 1. The molecule has 3 aromatic rings. The summed E-state index contributed by atoms with van der Waals surface area (Å²) in [7, 11) is 0. The van der Waals surface area contributed by atoms with Crippen LogP contribution in [0.25, 0.3) is 10.9 Å². The molecule has 4 nitrogen and oxygen atoms in total. The van der Waals surface area contributed by atoms with Gasteiger partial charge in [0, 0.05) is 29.6 Å². The lowest BCUT2D eigenvalue weighted by Gasteiger charge is -2.34. The molecule has 0 spiro atoms. The molecule has 2 aromatic heterocycles. The minimum absolute atomic E-state index is 0.0799. The summed E-state index contributed by atoms with van der Waals surface area (Å²) in [5, 5.41) is 2.95. The van der Waals surface area contributed by atoms with Crippen molar-refractivity contribution in [3.8, 4) is 0 Å². The zero-order valence-electron chi connectivity index (χ0n) is 14.6. The number of rotatable bonds is 4. The standard InChI is InChI=1S/C21H22N2O2S/c24-20-13-15(17-9-4-5-10-18(17)22-20)14-23(16-7-2-1-3-8-16)21(25)19-11-6-12-26-19/h4-6,9-13,16H,1-3,7-8,14H2,(H,22,24). The van der Waals surface area contributed by atoms with Crippen LogP contribution in [-0.2, 0) is 6.54 Å². The van der Waals surface area contributed by atoms with Crippen LogP contribution in [0.5, 0.6) is 0 Å². The van der Waals surface area contributed by atoms with E-state index in [1.807, 2.05) is 46.7 Å². The molecule has 0 saturated heterocycles. The summed E-state index contributed by atoms with van der Waals surface area (Å²) in [6, 6.07) is 13.5. The van der Waals surface area contributed by atoms with Gasteiger partial charge < -0.3 is 9.88 Å². The molecule has 4 rings (SSSR count). The van der Waals surface area contributed by atoms with E-state index in [1.54, 1.807) is 6.07 Å². The van der Waals surface area contributed by atoms with E-state index in [0.29, 0.717) is 6.54 Å². The van der Waals surface area contributed by atoms with E-state index in [9.17, 15) is 9.59 Å². The van der Waals surface area contributed by atoms with Crippen LogP contribution in [0, 0.1) is 0 Å². The number of carbonyl (C=O) groups is 1. The van der Waals surface area contributed by atoms with E-state index in [2.05, 4.69) is 4.98 Å². The Bertz CT molecular complexity index is 956. The first-order chi connectivity index (χ1) is 12.7. The number of amides is 1. The average Bonchev–Trinajstić information content (AvgIpc) is 3.21. The number of hydrogen-bond acceptors (Lipinski definition) is 3. The summed E-state index contributed by atoms with van der Waals surface area (Å²) in [5.74, 6) is 0.0799. The monoisotopic (exact) mass is 366 g/mol. The molecular formula is C21H22N2O2S. The van der Waals surface area contributed by atoms with Crippen LogP contribution in [0.15, 0.2) is 52.6 Å². The molecule has 0 atom stereocenters. The van der Waals surface area contributed by atoms with E-state index in [4.69, 9.17) is 0 Å². The number of hydrogen-bond donors (Lipinski definition) is 1. The van der Waals surface area contributed by atoms with Gasteiger partial charge in [0.15, 0.2) is 0 Å². The SMILES string of the molecule is O=C(c1cccs1)N(Cc1cc(=O)[nH]c2ccccc12)C1CCCCC1. The van der Waals surface area contributed by atoms with Crippen LogP contribution in [0.3, 0.4) is 0 Å². The lowest BCUT2D eigenvalue weighted by molar-refractivity contribution is 0.0620. The highest BCUT2D eigenvalue weighted by atomic mass is 32.1. The van der Waals surface area contributed by atoms with E-state index >= 15 is 0 Å². The molecule has 1 N–H and O–H groups in total. The number of fused-ring (bicyclic) bond motifs is 1. The number of para-hydroxylation sites is 1. The highest BCUT2D eigenvalue weighted by Crippen LogP contribution is 2.28. The average molecular weight is 366 g/mol. The van der Waals surface area contributed by atoms with Gasteiger partial charge in [0.25, 0.3) is 5.91 Å². The maximum absolute atomic E-state index is 13.2. The number of benzene rings is 1. The molecular weight excluding hydrogens is 344 g/mol. The summed E-state index contributed by atoms with van der Waals surface area (Å²) in [6.07, 6.45) is 5.64. The van der Waals surface area contributed by atoms with Crippen LogP contribution >= 0.6 is 11.3 Å². The Kier molecular flexibility index (Phi) is 4.89. The first-order valence-electron chi connectivity index (χ1n) is 9.18. The second kappa shape index (κ2) is 7.46. The van der Waals surface area contributed by atoms with Gasteiger partial charge in [-0.15, -0.1) is 11.3 Å². The number of carbonyl (C=O) groups excluding carboxylic acids is 1. The molecule has 1 fully saturated rings. The van der Waals surface area contributed by atoms with Gasteiger partial charge in [-0.3, -0.25) is 9.59 Å². The largest absolute Gasteiger partial charge is 0.331 e. The van der Waals surface area contributed by atoms with Crippen LogP contribution < -0.4 is 5.56 Å². The second-order valence-electron chi connectivity index (χ2n) is 6.91. The van der Waals surface area contributed by atoms with E-state index in [1.165, 1.54) is 17.8 Å². The Hall–Kier alpha value is -2.40. The molecule has 0 unspecified atom stereocenters. The van der Waals surface area contributed by atoms with Crippen molar-refractivity contribution in [1.82, 2.24) is 9.88 Å². The first-order valence-corrected chi connectivity index (χ1v) is 10.1. The molecule has 0 radical (unpaired) electrons. The van der Waals surface area contributed by atoms with Crippen molar-refractivity contribution in [2.75, 3.05) is 0 Å². The zero-order valence-corrected chi connectivity index (χ0v) is 15.4. The predicted molar refractivity (Wildman–Crippen MR) is 106 cm³/mol. The minimum Gasteiger partial charge on any atom is -0.331 e. The fourth-order valence-corrected chi connectivity index (χ4v) is 4.57. The van der Waals surface area contributed by atoms with Gasteiger partial charge in [-0.1, -0.05) is 43.5 Å². The Labute approximate surface area is 156 Å². The van der Waals surface area contributed by atoms with Crippen LogP contribution in [0.2, 0.25) is 0 Å². The van der Waals surface area contributed by atoms with Crippen molar-refractivity contribution in [3.63, 3.8) is 0 Å². The third-order valence-electron chi connectivity index (χ3n) is 5.19. The smallest absolute Gasteiger partial charge is 0.264 e.